The second-order valence-electron chi connectivity index (χ2n) is 2.58. The molecular weight excluding hydrogens is 210 g/mol. The molecule has 0 saturated carbocycles. The molecule has 1 aromatic rings. The number of hydrogen-bond donors (Lipinski definition) is 1. The molecule has 1 aromatic carbocycles. The Balaban J connectivity index is 3.41. The van der Waals surface area contributed by atoms with Gasteiger partial charge in [0.25, 0.3) is 0 Å². The van der Waals surface area contributed by atoms with E-state index in [4.69, 9.17) is 5.11 Å². The van der Waals surface area contributed by atoms with Crippen molar-refractivity contribution in [2.45, 2.75) is 0 Å². The average Bonchev–Trinajstić information content (AvgIpc) is 2.16. The largest absolute Gasteiger partial charge is 0.477 e. The monoisotopic (exact) mass is 216 g/mol. The maximum atomic E-state index is 13.3. The topological polar surface area (TPSA) is 63.6 Å². The Labute approximate surface area is 83.1 Å². The summed E-state index contributed by atoms with van der Waals surface area (Å²) in [4.78, 5) is 21.4. The van der Waals surface area contributed by atoms with E-state index in [0.717, 1.165) is 13.2 Å². The predicted molar refractivity (Wildman–Crippen MR) is 44.7 cm³/mol. The lowest BCUT2D eigenvalue weighted by Crippen LogP contribution is -2.11. The van der Waals surface area contributed by atoms with E-state index in [1.165, 1.54) is 0 Å². The molecule has 15 heavy (non-hydrogen) atoms. The number of ether oxygens (including phenoxy) is 1. The summed E-state index contributed by atoms with van der Waals surface area (Å²) < 4.78 is 30.4. The van der Waals surface area contributed by atoms with Crippen LogP contribution in [0.4, 0.5) is 8.78 Å². The average molecular weight is 216 g/mol. The van der Waals surface area contributed by atoms with Crippen LogP contribution in [0.1, 0.15) is 20.7 Å². The number of aromatic carboxylic acids is 1. The Kier molecular flexibility index (Phi) is 2.99. The zero-order valence-corrected chi connectivity index (χ0v) is 7.58. The Morgan fingerprint density at radius 3 is 2.40 bits per heavy atom. The van der Waals surface area contributed by atoms with E-state index in [1.54, 1.807) is 0 Å². The summed E-state index contributed by atoms with van der Waals surface area (Å²) in [5.41, 5.74) is -1.78. The lowest BCUT2D eigenvalue weighted by molar-refractivity contribution is 0.0595. The van der Waals surface area contributed by atoms with Crippen LogP contribution in [0.15, 0.2) is 12.1 Å². The van der Waals surface area contributed by atoms with Crippen LogP contribution < -0.4 is 0 Å². The number of halogens is 2. The summed E-state index contributed by atoms with van der Waals surface area (Å²) in [5.74, 6) is -5.52. The van der Waals surface area contributed by atoms with Crippen molar-refractivity contribution in [3.05, 3.63) is 34.9 Å². The second kappa shape index (κ2) is 4.04. The van der Waals surface area contributed by atoms with Crippen molar-refractivity contribution >= 4 is 11.9 Å². The first-order valence-electron chi connectivity index (χ1n) is 3.78. The summed E-state index contributed by atoms with van der Waals surface area (Å²) >= 11 is 0. The van der Waals surface area contributed by atoms with Gasteiger partial charge in [-0.15, -0.1) is 0 Å². The van der Waals surface area contributed by atoms with E-state index in [1.807, 2.05) is 0 Å². The van der Waals surface area contributed by atoms with Crippen molar-refractivity contribution in [3.8, 4) is 0 Å². The number of esters is 1. The molecule has 0 unspecified atom stereocenters. The minimum atomic E-state index is -1.78. The summed E-state index contributed by atoms with van der Waals surface area (Å²) in [6, 6.07) is 1.52. The van der Waals surface area contributed by atoms with Crippen molar-refractivity contribution < 1.29 is 28.2 Å². The van der Waals surface area contributed by atoms with Gasteiger partial charge in [0, 0.05) is 0 Å². The van der Waals surface area contributed by atoms with Gasteiger partial charge in [0.05, 0.1) is 12.7 Å². The number of carboxylic acid groups (broad SMARTS) is 1. The molecule has 1 rings (SSSR count). The van der Waals surface area contributed by atoms with Crippen molar-refractivity contribution in [2.75, 3.05) is 7.11 Å². The molecule has 1 N–H and O–H groups in total. The van der Waals surface area contributed by atoms with Crippen molar-refractivity contribution in [2.24, 2.45) is 0 Å². The number of carbonyl (C=O) groups is 2. The highest BCUT2D eigenvalue weighted by atomic mass is 19.1. The fourth-order valence-electron chi connectivity index (χ4n) is 1.02. The molecule has 0 bridgehead atoms. The smallest absolute Gasteiger partial charge is 0.341 e. The van der Waals surface area contributed by atoms with Crippen molar-refractivity contribution in [1.29, 1.82) is 0 Å². The third-order valence-corrected chi connectivity index (χ3v) is 1.71. The molecule has 80 valence electrons. The van der Waals surface area contributed by atoms with E-state index >= 15 is 0 Å². The fourth-order valence-corrected chi connectivity index (χ4v) is 1.02. The highest BCUT2D eigenvalue weighted by Gasteiger charge is 2.23. The standard InChI is InChI=1S/C9H6F2O4/c1-15-9(14)4-2-3-5(10)6(7(4)11)8(12)13/h2-3H,1H3,(H,12,13). The molecule has 0 fully saturated rings. The molecule has 0 spiro atoms. The second-order valence-corrected chi connectivity index (χ2v) is 2.58. The third-order valence-electron chi connectivity index (χ3n) is 1.71. The number of methoxy groups -OCH3 is 1. The van der Waals surface area contributed by atoms with Gasteiger partial charge in [-0.3, -0.25) is 0 Å². The minimum absolute atomic E-state index is 0.615. The van der Waals surface area contributed by atoms with E-state index in [9.17, 15) is 18.4 Å². The van der Waals surface area contributed by atoms with E-state index in [0.29, 0.717) is 6.07 Å². The Bertz CT molecular complexity index is 428. The van der Waals surface area contributed by atoms with Crippen LogP contribution in [0.2, 0.25) is 0 Å². The van der Waals surface area contributed by atoms with Crippen LogP contribution in [0.25, 0.3) is 0 Å². The molecule has 0 aromatic heterocycles. The van der Waals surface area contributed by atoms with Gasteiger partial charge in [0.2, 0.25) is 0 Å². The number of carboxylic acids is 1. The molecule has 0 saturated heterocycles. The van der Waals surface area contributed by atoms with Gasteiger partial charge >= 0.3 is 11.9 Å². The first-order chi connectivity index (χ1) is 6.99. The Morgan fingerprint density at radius 2 is 1.93 bits per heavy atom. The molecule has 0 radical (unpaired) electrons. The van der Waals surface area contributed by atoms with Crippen molar-refractivity contribution in [1.82, 2.24) is 0 Å². The number of rotatable bonds is 2. The van der Waals surface area contributed by atoms with Gasteiger partial charge in [-0.25, -0.2) is 18.4 Å². The summed E-state index contributed by atoms with van der Waals surface area (Å²) in [7, 11) is 1.01. The number of carbonyl (C=O) groups excluding carboxylic acids is 1. The molecule has 0 heterocycles. The summed E-state index contributed by atoms with van der Waals surface area (Å²) in [6.45, 7) is 0. The van der Waals surface area contributed by atoms with Gasteiger partial charge in [-0.2, -0.15) is 0 Å². The highest BCUT2D eigenvalue weighted by molar-refractivity contribution is 5.95. The maximum Gasteiger partial charge on any atom is 0.341 e. The van der Waals surface area contributed by atoms with Gasteiger partial charge in [-0.1, -0.05) is 0 Å². The van der Waals surface area contributed by atoms with Gasteiger partial charge in [0.15, 0.2) is 5.82 Å². The molecule has 4 nitrogen and oxygen atoms in total. The van der Waals surface area contributed by atoms with Gasteiger partial charge < -0.3 is 9.84 Å². The van der Waals surface area contributed by atoms with Crippen LogP contribution in [-0.4, -0.2) is 24.2 Å². The van der Waals surface area contributed by atoms with Crippen molar-refractivity contribution in [3.63, 3.8) is 0 Å². The fraction of sp³-hybridized carbons (Fsp3) is 0.111. The Hall–Kier alpha value is -1.98. The van der Waals surface area contributed by atoms with Crippen LogP contribution in [-0.2, 0) is 4.74 Å². The quantitative estimate of drug-likeness (QED) is 0.760. The summed E-state index contributed by atoms with van der Waals surface area (Å²) in [6.07, 6.45) is 0. The maximum absolute atomic E-state index is 13.3. The molecule has 0 amide bonds. The first kappa shape index (κ1) is 11.1. The van der Waals surface area contributed by atoms with Gasteiger partial charge in [-0.05, 0) is 12.1 Å². The normalized spacial score (nSPS) is 9.80. The molecule has 0 aliphatic carbocycles. The lowest BCUT2D eigenvalue weighted by Gasteiger charge is -2.04. The molecule has 0 aliphatic rings. The first-order valence-corrected chi connectivity index (χ1v) is 3.78. The van der Waals surface area contributed by atoms with Crippen LogP contribution >= 0.6 is 0 Å². The van der Waals surface area contributed by atoms with Crippen LogP contribution in [0.5, 0.6) is 0 Å². The SMILES string of the molecule is COC(=O)c1ccc(F)c(C(=O)O)c1F. The summed E-state index contributed by atoms with van der Waals surface area (Å²) in [5, 5.41) is 8.49. The predicted octanol–water partition coefficient (Wildman–Crippen LogP) is 1.45. The van der Waals surface area contributed by atoms with E-state index < -0.39 is 34.7 Å². The highest BCUT2D eigenvalue weighted by Crippen LogP contribution is 2.17. The number of hydrogen-bond acceptors (Lipinski definition) is 3. The third kappa shape index (κ3) is 1.93. The molecular formula is C9H6F2O4. The molecule has 0 atom stereocenters. The minimum Gasteiger partial charge on any atom is -0.477 e. The Morgan fingerprint density at radius 1 is 1.33 bits per heavy atom. The van der Waals surface area contributed by atoms with E-state index in [-0.39, 0.29) is 0 Å². The van der Waals surface area contributed by atoms with E-state index in [2.05, 4.69) is 4.74 Å². The van der Waals surface area contributed by atoms with Gasteiger partial charge in [0.1, 0.15) is 11.4 Å². The van der Waals surface area contributed by atoms with Crippen LogP contribution in [0.3, 0.4) is 0 Å². The number of benzene rings is 1. The molecule has 6 heteroatoms. The zero-order valence-electron chi connectivity index (χ0n) is 7.58. The van der Waals surface area contributed by atoms with Crippen LogP contribution in [0, 0.1) is 11.6 Å². The zero-order chi connectivity index (χ0) is 11.6. The lowest BCUT2D eigenvalue weighted by atomic mass is 10.1. The molecule has 0 aliphatic heterocycles.